The van der Waals surface area contributed by atoms with Crippen LogP contribution in [-0.2, 0) is 15.9 Å². The minimum absolute atomic E-state index is 0.0372. The van der Waals surface area contributed by atoms with Crippen molar-refractivity contribution >= 4 is 17.6 Å². The van der Waals surface area contributed by atoms with Crippen molar-refractivity contribution in [3.63, 3.8) is 0 Å². The van der Waals surface area contributed by atoms with Crippen LogP contribution in [-0.4, -0.2) is 45.5 Å². The van der Waals surface area contributed by atoms with Crippen LogP contribution in [0.15, 0.2) is 16.9 Å². The normalized spacial score (nSPS) is 14.7. The molecule has 1 aromatic carbocycles. The van der Waals surface area contributed by atoms with Gasteiger partial charge in [-0.25, -0.2) is 4.79 Å². The van der Waals surface area contributed by atoms with E-state index in [-0.39, 0.29) is 22.6 Å². The highest BCUT2D eigenvalue weighted by Crippen LogP contribution is 2.45. The van der Waals surface area contributed by atoms with Gasteiger partial charge in [-0.3, -0.25) is 4.79 Å². The van der Waals surface area contributed by atoms with Crippen LogP contribution in [0.2, 0.25) is 5.15 Å². The molecule has 0 fully saturated rings. The molecule has 0 radical (unpaired) electrons. The molecule has 1 aliphatic carbocycles. The first-order valence-corrected chi connectivity index (χ1v) is 10.6. The van der Waals surface area contributed by atoms with E-state index in [0.717, 1.165) is 17.5 Å². The Morgan fingerprint density at radius 3 is 2.55 bits per heavy atom. The number of esters is 1. The van der Waals surface area contributed by atoms with Crippen molar-refractivity contribution in [2.75, 3.05) is 34.5 Å². The number of aromatic amines is 1. The second-order valence-corrected chi connectivity index (χ2v) is 8.21. The molecule has 31 heavy (non-hydrogen) atoms. The zero-order chi connectivity index (χ0) is 22.7. The molecule has 1 unspecified atom stereocenters. The third-order valence-electron chi connectivity index (χ3n) is 5.61. The lowest BCUT2D eigenvalue weighted by atomic mass is 9.75. The van der Waals surface area contributed by atoms with Gasteiger partial charge in [0.1, 0.15) is 10.7 Å². The number of nitrogens with one attached hydrogen (secondary N) is 1. The fraction of sp³-hybridized carbons (Fsp3) is 0.478. The van der Waals surface area contributed by atoms with Crippen molar-refractivity contribution in [3.05, 3.63) is 44.2 Å². The second kappa shape index (κ2) is 9.75. The topological polar surface area (TPSA) is 86.8 Å². The minimum atomic E-state index is -0.750. The lowest BCUT2D eigenvalue weighted by Crippen LogP contribution is -2.29. The number of carbonyl (C=O) groups is 1. The van der Waals surface area contributed by atoms with Crippen molar-refractivity contribution in [2.24, 2.45) is 5.92 Å². The molecular formula is C23H28ClNO6. The number of benzene rings is 1. The van der Waals surface area contributed by atoms with Gasteiger partial charge in [0, 0.05) is 31.3 Å². The van der Waals surface area contributed by atoms with Gasteiger partial charge in [0.25, 0.3) is 0 Å². The van der Waals surface area contributed by atoms with Gasteiger partial charge in [-0.1, -0.05) is 25.4 Å². The molecule has 0 amide bonds. The van der Waals surface area contributed by atoms with Crippen LogP contribution in [0.4, 0.5) is 0 Å². The van der Waals surface area contributed by atoms with Crippen LogP contribution in [0, 0.1) is 5.92 Å². The fourth-order valence-corrected chi connectivity index (χ4v) is 4.26. The number of hydrogen-bond donors (Lipinski definition) is 1. The van der Waals surface area contributed by atoms with Gasteiger partial charge < -0.3 is 23.9 Å². The van der Waals surface area contributed by atoms with Crippen LogP contribution >= 0.6 is 11.6 Å². The van der Waals surface area contributed by atoms with E-state index in [4.69, 9.17) is 30.5 Å². The summed E-state index contributed by atoms with van der Waals surface area (Å²) in [6.07, 6.45) is 1.39. The predicted octanol–water partition coefficient (Wildman–Crippen LogP) is 4.20. The molecule has 2 aromatic rings. The molecular weight excluding hydrogens is 422 g/mol. The standard InChI is InChI=1S/C23H28ClNO6/c1-12(2)14-9-13-10-17(31-8-6-7-28-3)16(29-4)11-15(13)20-18(14)21(26)19(22(24)25-20)23(27)30-5/h10-12,14H,6-9H2,1-5H3,(H,25,26). The van der Waals surface area contributed by atoms with Crippen LogP contribution in [0.5, 0.6) is 11.5 Å². The van der Waals surface area contributed by atoms with Crippen molar-refractivity contribution < 1.29 is 23.7 Å². The van der Waals surface area contributed by atoms with Crippen molar-refractivity contribution in [2.45, 2.75) is 32.6 Å². The first-order valence-electron chi connectivity index (χ1n) is 10.2. The van der Waals surface area contributed by atoms with E-state index in [2.05, 4.69) is 18.8 Å². The Hall–Kier alpha value is -2.51. The number of carbonyl (C=O) groups excluding carboxylic acids is 1. The van der Waals surface area contributed by atoms with E-state index in [1.807, 2.05) is 12.1 Å². The van der Waals surface area contributed by atoms with Crippen molar-refractivity contribution in [1.29, 1.82) is 0 Å². The number of pyridine rings is 1. The maximum absolute atomic E-state index is 13.3. The quantitative estimate of drug-likeness (QED) is 0.369. The van der Waals surface area contributed by atoms with Gasteiger partial charge in [-0.05, 0) is 36.0 Å². The van der Waals surface area contributed by atoms with Gasteiger partial charge >= 0.3 is 5.97 Å². The van der Waals surface area contributed by atoms with E-state index in [1.165, 1.54) is 7.11 Å². The number of ether oxygens (including phenoxy) is 4. The molecule has 3 rings (SSSR count). The van der Waals surface area contributed by atoms with Crippen LogP contribution in [0.25, 0.3) is 11.3 Å². The summed E-state index contributed by atoms with van der Waals surface area (Å²) in [6, 6.07) is 3.81. The molecule has 8 heteroatoms. The maximum Gasteiger partial charge on any atom is 0.344 e. The number of aromatic nitrogens is 1. The molecule has 1 heterocycles. The zero-order valence-electron chi connectivity index (χ0n) is 18.5. The van der Waals surface area contributed by atoms with Crippen LogP contribution < -0.4 is 14.9 Å². The minimum Gasteiger partial charge on any atom is -0.493 e. The lowest BCUT2D eigenvalue weighted by molar-refractivity contribution is 0.0599. The number of fused-ring (bicyclic) bond motifs is 3. The molecule has 0 saturated heterocycles. The fourth-order valence-electron chi connectivity index (χ4n) is 4.01. The molecule has 1 aliphatic rings. The number of halogens is 1. The monoisotopic (exact) mass is 449 g/mol. The molecule has 0 spiro atoms. The number of rotatable bonds is 8. The lowest BCUT2D eigenvalue weighted by Gasteiger charge is -2.31. The highest BCUT2D eigenvalue weighted by molar-refractivity contribution is 6.32. The smallest absolute Gasteiger partial charge is 0.344 e. The molecule has 7 nitrogen and oxygen atoms in total. The summed E-state index contributed by atoms with van der Waals surface area (Å²) in [6.45, 7) is 5.21. The molecule has 1 atom stereocenters. The van der Waals surface area contributed by atoms with Crippen molar-refractivity contribution in [3.8, 4) is 22.8 Å². The Bertz CT molecular complexity index is 1030. The molecule has 1 aromatic heterocycles. The van der Waals surface area contributed by atoms with Gasteiger partial charge in [-0.2, -0.15) is 0 Å². The van der Waals surface area contributed by atoms with E-state index < -0.39 is 11.4 Å². The molecule has 1 N–H and O–H groups in total. The number of hydrogen-bond acceptors (Lipinski definition) is 6. The molecule has 168 valence electrons. The second-order valence-electron chi connectivity index (χ2n) is 7.83. The highest BCUT2D eigenvalue weighted by atomic mass is 35.5. The van der Waals surface area contributed by atoms with Crippen LogP contribution in [0.3, 0.4) is 0 Å². The summed E-state index contributed by atoms with van der Waals surface area (Å²) < 4.78 is 21.3. The predicted molar refractivity (Wildman–Crippen MR) is 119 cm³/mol. The summed E-state index contributed by atoms with van der Waals surface area (Å²) in [5, 5.41) is -0.0372. The number of methoxy groups -OCH3 is 3. The summed E-state index contributed by atoms with van der Waals surface area (Å²) in [5.41, 5.74) is 2.42. The number of H-pyrrole nitrogens is 1. The van der Waals surface area contributed by atoms with Gasteiger partial charge in [0.05, 0.1) is 26.5 Å². The Morgan fingerprint density at radius 2 is 1.94 bits per heavy atom. The maximum atomic E-state index is 13.3. The van der Waals surface area contributed by atoms with Crippen LogP contribution in [0.1, 0.15) is 47.7 Å². The average molecular weight is 450 g/mol. The molecule has 0 bridgehead atoms. The van der Waals surface area contributed by atoms with E-state index in [0.29, 0.717) is 42.4 Å². The van der Waals surface area contributed by atoms with Gasteiger partial charge in [-0.15, -0.1) is 0 Å². The molecule has 0 saturated carbocycles. The third-order valence-corrected chi connectivity index (χ3v) is 5.89. The van der Waals surface area contributed by atoms with Gasteiger partial charge in [0.15, 0.2) is 11.5 Å². The molecule has 0 aliphatic heterocycles. The highest BCUT2D eigenvalue weighted by Gasteiger charge is 2.34. The summed E-state index contributed by atoms with van der Waals surface area (Å²) in [7, 11) is 4.45. The zero-order valence-corrected chi connectivity index (χ0v) is 19.2. The Kier molecular flexibility index (Phi) is 7.28. The first kappa shape index (κ1) is 23.2. The van der Waals surface area contributed by atoms with E-state index in [9.17, 15) is 9.59 Å². The summed E-state index contributed by atoms with van der Waals surface area (Å²) in [4.78, 5) is 28.6. The third kappa shape index (κ3) is 4.43. The SMILES string of the molecule is COCCCOc1cc2c(cc1OC)-c1[nH]c(Cl)c(C(=O)OC)c(=O)c1C(C(C)C)C2. The summed E-state index contributed by atoms with van der Waals surface area (Å²) in [5.74, 6) is 0.510. The van der Waals surface area contributed by atoms with E-state index in [1.54, 1.807) is 14.2 Å². The van der Waals surface area contributed by atoms with Crippen molar-refractivity contribution in [1.82, 2.24) is 4.98 Å². The van der Waals surface area contributed by atoms with E-state index >= 15 is 0 Å². The Balaban J connectivity index is 2.17. The summed E-state index contributed by atoms with van der Waals surface area (Å²) >= 11 is 6.31. The Labute approximate surface area is 186 Å². The largest absolute Gasteiger partial charge is 0.493 e. The Morgan fingerprint density at radius 1 is 1.19 bits per heavy atom. The average Bonchev–Trinajstić information content (AvgIpc) is 2.75. The first-order chi connectivity index (χ1) is 14.8. The van der Waals surface area contributed by atoms with Gasteiger partial charge in [0.2, 0.25) is 5.43 Å².